The molecule has 0 fully saturated rings. The van der Waals surface area contributed by atoms with Gasteiger partial charge in [-0.15, -0.1) is 0 Å². The molecule has 0 rings (SSSR count). The molecule has 0 N–H and O–H groups in total. The number of hydrogen-bond donors (Lipinski definition) is 0. The zero-order valence-corrected chi connectivity index (χ0v) is 41.0. The van der Waals surface area contributed by atoms with Crippen LogP contribution in [0.3, 0.4) is 0 Å². The predicted octanol–water partition coefficient (Wildman–Crippen LogP) is 13.2. The van der Waals surface area contributed by atoms with Crippen molar-refractivity contribution in [1.29, 1.82) is 0 Å². The zero-order chi connectivity index (χ0) is 39.5. The molecule has 0 aliphatic carbocycles. The summed E-state index contributed by atoms with van der Waals surface area (Å²) in [6.45, 7) is 35.9. The maximum atomic E-state index is 13.4. The van der Waals surface area contributed by atoms with Crippen LogP contribution >= 0.6 is 0 Å². The number of esters is 1. The van der Waals surface area contributed by atoms with Crippen molar-refractivity contribution in [3.8, 4) is 0 Å². The van der Waals surface area contributed by atoms with Gasteiger partial charge in [0, 0.05) is 6.10 Å². The van der Waals surface area contributed by atoms with Crippen LogP contribution in [0.25, 0.3) is 0 Å². The van der Waals surface area contributed by atoms with E-state index in [9.17, 15) is 9.59 Å². The van der Waals surface area contributed by atoms with E-state index in [2.05, 4.69) is 119 Å². The maximum absolute atomic E-state index is 13.4. The van der Waals surface area contributed by atoms with Gasteiger partial charge in [0.25, 0.3) is 0 Å². The molecule has 296 valence electrons. The molecule has 0 aliphatic rings. The molecule has 0 aromatic heterocycles. The molecular formula is C43H82O5Si2Sn. The minimum atomic E-state index is -2.35. The van der Waals surface area contributed by atoms with Crippen molar-refractivity contribution in [2.75, 3.05) is 0 Å². The van der Waals surface area contributed by atoms with Crippen molar-refractivity contribution in [3.63, 3.8) is 0 Å². The van der Waals surface area contributed by atoms with E-state index in [1.165, 1.54) is 64.0 Å². The Hall–Kier alpha value is -0.748. The fourth-order valence-corrected chi connectivity index (χ4v) is 23.1. The summed E-state index contributed by atoms with van der Waals surface area (Å²) in [5.74, 6) is -0.703. The number of hydrogen-bond acceptors (Lipinski definition) is 5. The van der Waals surface area contributed by atoms with Crippen molar-refractivity contribution in [2.45, 2.75) is 196 Å². The van der Waals surface area contributed by atoms with Gasteiger partial charge in [-0.1, -0.05) is 41.5 Å². The van der Waals surface area contributed by atoms with Gasteiger partial charge in [-0.05, 0) is 43.2 Å². The molecule has 5 atom stereocenters. The van der Waals surface area contributed by atoms with Gasteiger partial charge in [0.1, 0.15) is 6.29 Å². The Morgan fingerprint density at radius 1 is 0.706 bits per heavy atom. The van der Waals surface area contributed by atoms with Crippen molar-refractivity contribution in [3.05, 3.63) is 46.6 Å². The summed E-state index contributed by atoms with van der Waals surface area (Å²) < 4.78 is 27.2. The second kappa shape index (κ2) is 23.9. The number of allylic oxidation sites excluding steroid dienone is 5. The third kappa shape index (κ3) is 18.9. The van der Waals surface area contributed by atoms with E-state index in [4.69, 9.17) is 13.6 Å². The van der Waals surface area contributed by atoms with Crippen molar-refractivity contribution in [2.24, 2.45) is 11.8 Å². The molecule has 0 amide bonds. The van der Waals surface area contributed by atoms with Crippen LogP contribution in [0.15, 0.2) is 46.6 Å². The molecule has 0 aliphatic heterocycles. The second-order valence-electron chi connectivity index (χ2n) is 18.3. The summed E-state index contributed by atoms with van der Waals surface area (Å²) in [5.41, 5.74) is 0. The summed E-state index contributed by atoms with van der Waals surface area (Å²) in [4.78, 5) is 24.7. The van der Waals surface area contributed by atoms with Gasteiger partial charge in [0.15, 0.2) is 16.6 Å². The van der Waals surface area contributed by atoms with Crippen LogP contribution < -0.4 is 0 Å². The molecule has 0 saturated heterocycles. The van der Waals surface area contributed by atoms with E-state index in [1.54, 1.807) is 6.08 Å². The number of unbranched alkanes of at least 4 members (excludes halogenated alkanes) is 3. The van der Waals surface area contributed by atoms with E-state index in [-0.39, 0.29) is 40.1 Å². The second-order valence-corrected chi connectivity index (χ2v) is 40.8. The summed E-state index contributed by atoms with van der Waals surface area (Å²) in [7, 11) is -4.20. The molecule has 51 heavy (non-hydrogen) atoms. The van der Waals surface area contributed by atoms with E-state index in [1.807, 2.05) is 19.1 Å². The summed E-state index contributed by atoms with van der Waals surface area (Å²) in [6.07, 6.45) is 21.6. The number of carbonyl (C=O) groups excluding carboxylic acids is 2. The fourth-order valence-electron chi connectivity index (χ4n) is 6.12. The molecule has 0 bridgehead atoms. The molecule has 0 radical (unpaired) electrons. The number of carbonyl (C=O) groups is 2. The molecule has 0 heterocycles. The first kappa shape index (κ1) is 50.3. The minimum absolute atomic E-state index is 0.0126. The Labute approximate surface area is 323 Å². The Kier molecular flexibility index (Phi) is 23.6. The third-order valence-corrected chi connectivity index (χ3v) is 34.8. The Morgan fingerprint density at radius 3 is 1.63 bits per heavy atom. The van der Waals surface area contributed by atoms with Gasteiger partial charge < -0.3 is 4.43 Å². The van der Waals surface area contributed by atoms with Gasteiger partial charge in [0.2, 0.25) is 0 Å². The molecule has 0 unspecified atom stereocenters. The van der Waals surface area contributed by atoms with Crippen molar-refractivity contribution >= 4 is 47.3 Å². The molecule has 0 saturated carbocycles. The SMILES string of the molecule is CCC[CH2][Sn](/[CH]=C/C=C/C=C/C(=O)O[C@H]([C@@H](C)[C@H](C[C@@H](C)O[Si](C)(C)C(C)(C)C)O[Si](C)(C)C(C)(C)C)[C@@H](C)/C=C\C=O)([CH2]CCC)[CH2]CCC. The van der Waals surface area contributed by atoms with E-state index < -0.39 is 41.1 Å². The molecule has 0 spiro atoms. The average molecular weight is 854 g/mol. The van der Waals surface area contributed by atoms with Gasteiger partial charge in [-0.25, -0.2) is 0 Å². The first-order valence-electron chi connectivity index (χ1n) is 20.2. The molecule has 0 aromatic rings. The van der Waals surface area contributed by atoms with Crippen molar-refractivity contribution < 1.29 is 23.2 Å². The van der Waals surface area contributed by atoms with Gasteiger partial charge in [-0.3, -0.25) is 4.79 Å². The van der Waals surface area contributed by atoms with Crippen LogP contribution in [0, 0.1) is 11.8 Å². The van der Waals surface area contributed by atoms with Crippen LogP contribution in [0.2, 0.25) is 49.6 Å². The molecule has 8 heteroatoms. The van der Waals surface area contributed by atoms with Crippen LogP contribution in [0.1, 0.15) is 128 Å². The van der Waals surface area contributed by atoms with Crippen LogP contribution in [-0.2, 0) is 23.2 Å². The standard InChI is InChI=1S/C31H55O5Si2.3C4H9.Sn/c1-15-16-17-18-21-28(33)34-29(24(2)20-19-22-32)26(4)27(36-38(13,14)31(8,9)10)23-25(3)35-37(11,12)30(5,6)7;3*1-3-4-2;/h1,15-22,24-27,29H,23H2,2-14H3;3*1,3-4H2,2H3;/b15-1?,17-16+,20-19-,21-18+;;;;/t24-,25+,26-,27-,29-;;;;/m0..../s1. The van der Waals surface area contributed by atoms with E-state index >= 15 is 0 Å². The Morgan fingerprint density at radius 2 is 1.18 bits per heavy atom. The first-order chi connectivity index (χ1) is 23.5. The van der Waals surface area contributed by atoms with E-state index in [0.717, 1.165) is 6.29 Å². The Bertz CT molecular complexity index is 1090. The van der Waals surface area contributed by atoms with Crippen LogP contribution in [0.4, 0.5) is 0 Å². The van der Waals surface area contributed by atoms with Gasteiger partial charge in [-0.2, -0.15) is 0 Å². The fraction of sp³-hybridized carbons (Fsp3) is 0.767. The molecule has 0 aromatic carbocycles. The number of aldehydes is 1. The number of rotatable bonds is 25. The number of ether oxygens (including phenoxy) is 1. The summed E-state index contributed by atoms with van der Waals surface area (Å²) in [6, 6.07) is 0. The summed E-state index contributed by atoms with van der Waals surface area (Å²) >= 11 is -2.35. The predicted molar refractivity (Wildman–Crippen MR) is 230 cm³/mol. The van der Waals surface area contributed by atoms with E-state index in [0.29, 0.717) is 6.42 Å². The average Bonchev–Trinajstić information content (AvgIpc) is 3.02. The zero-order valence-electron chi connectivity index (χ0n) is 36.2. The Balaban J connectivity index is 6.31. The summed E-state index contributed by atoms with van der Waals surface area (Å²) in [5, 5.41) is 0.106. The normalized spacial score (nSPS) is 17.0. The van der Waals surface area contributed by atoms with Crippen LogP contribution in [0.5, 0.6) is 0 Å². The van der Waals surface area contributed by atoms with Crippen molar-refractivity contribution in [1.82, 2.24) is 0 Å². The molecular weight excluding hydrogens is 771 g/mol. The quantitative estimate of drug-likeness (QED) is 0.0301. The monoisotopic (exact) mass is 854 g/mol. The third-order valence-electron chi connectivity index (χ3n) is 11.6. The van der Waals surface area contributed by atoms with Gasteiger partial charge >= 0.3 is 202 Å². The topological polar surface area (TPSA) is 61.8 Å². The van der Waals surface area contributed by atoms with Crippen LogP contribution in [-0.4, -0.2) is 65.6 Å². The molecule has 5 nitrogen and oxygen atoms in total. The van der Waals surface area contributed by atoms with Gasteiger partial charge in [0.05, 0.1) is 0 Å². The first-order valence-corrected chi connectivity index (χ1v) is 33.8.